The average Bonchev–Trinajstić information content (AvgIpc) is 3.13. The van der Waals surface area contributed by atoms with Crippen LogP contribution in [0, 0.1) is 0 Å². The number of nitrogens with one attached hydrogen (secondary N) is 2. The number of benzene rings is 3. The molecule has 4 rings (SSSR count). The molecule has 1 aliphatic rings. The molecular formula is C23H24N2. The average molecular weight is 328 g/mol. The van der Waals surface area contributed by atoms with Crippen LogP contribution in [0.5, 0.6) is 0 Å². The molecule has 0 atom stereocenters. The molecular weight excluding hydrogens is 304 g/mol. The highest BCUT2D eigenvalue weighted by molar-refractivity contribution is 5.86. The van der Waals surface area contributed by atoms with E-state index in [4.69, 9.17) is 0 Å². The van der Waals surface area contributed by atoms with Crippen LogP contribution in [-0.4, -0.2) is 6.54 Å². The maximum atomic E-state index is 3.61. The molecule has 2 nitrogen and oxygen atoms in total. The lowest BCUT2D eigenvalue weighted by Crippen LogP contribution is -2.00. The van der Waals surface area contributed by atoms with Crippen LogP contribution >= 0.6 is 0 Å². The second-order valence-corrected chi connectivity index (χ2v) is 6.59. The van der Waals surface area contributed by atoms with Gasteiger partial charge in [0.15, 0.2) is 0 Å². The minimum absolute atomic E-state index is 1.04. The summed E-state index contributed by atoms with van der Waals surface area (Å²) in [4.78, 5) is 0. The summed E-state index contributed by atoms with van der Waals surface area (Å²) in [6.45, 7) is 3.29. The molecule has 2 heteroatoms. The Bertz CT molecular complexity index is 869. The first-order valence-electron chi connectivity index (χ1n) is 9.17. The van der Waals surface area contributed by atoms with Gasteiger partial charge in [-0.1, -0.05) is 61.9 Å². The third-order valence-corrected chi connectivity index (χ3v) is 4.87. The van der Waals surface area contributed by atoms with E-state index in [2.05, 4.69) is 78.2 Å². The second-order valence-electron chi connectivity index (χ2n) is 6.59. The van der Waals surface area contributed by atoms with Gasteiger partial charge < -0.3 is 10.6 Å². The molecule has 0 aliphatic carbocycles. The van der Waals surface area contributed by atoms with Crippen LogP contribution in [0.3, 0.4) is 0 Å². The van der Waals surface area contributed by atoms with Crippen molar-refractivity contribution in [2.24, 2.45) is 0 Å². The Labute approximate surface area is 149 Å². The Balaban J connectivity index is 1.81. The van der Waals surface area contributed by atoms with Crippen molar-refractivity contribution in [2.75, 3.05) is 17.2 Å². The Morgan fingerprint density at radius 2 is 1.68 bits per heavy atom. The van der Waals surface area contributed by atoms with E-state index in [9.17, 15) is 0 Å². The van der Waals surface area contributed by atoms with Gasteiger partial charge in [0.2, 0.25) is 0 Å². The fourth-order valence-electron chi connectivity index (χ4n) is 3.72. The molecule has 0 spiro atoms. The van der Waals surface area contributed by atoms with Gasteiger partial charge in [0.25, 0.3) is 0 Å². The fourth-order valence-corrected chi connectivity index (χ4v) is 3.72. The van der Waals surface area contributed by atoms with E-state index in [1.807, 2.05) is 6.07 Å². The molecule has 0 bridgehead atoms. The molecule has 0 radical (unpaired) electrons. The first kappa shape index (κ1) is 15.8. The van der Waals surface area contributed by atoms with Gasteiger partial charge in [-0.2, -0.15) is 0 Å². The number of hydrogen-bond donors (Lipinski definition) is 2. The second kappa shape index (κ2) is 7.02. The van der Waals surface area contributed by atoms with E-state index < -0.39 is 0 Å². The van der Waals surface area contributed by atoms with Gasteiger partial charge in [-0.25, -0.2) is 0 Å². The number of rotatable bonds is 5. The topological polar surface area (TPSA) is 24.1 Å². The SMILES string of the molecule is CCCc1c(Nc2ccccc2)cccc1-c1cccc2c1NCC2. The number of fused-ring (bicyclic) bond motifs is 1. The maximum Gasteiger partial charge on any atom is 0.0453 e. The fraction of sp³-hybridized carbons (Fsp3) is 0.217. The van der Waals surface area contributed by atoms with Crippen LogP contribution in [0.1, 0.15) is 24.5 Å². The molecule has 1 heterocycles. The molecule has 0 saturated carbocycles. The lowest BCUT2D eigenvalue weighted by molar-refractivity contribution is 0.925. The molecule has 3 aromatic rings. The Hall–Kier alpha value is -2.74. The molecule has 25 heavy (non-hydrogen) atoms. The quantitative estimate of drug-likeness (QED) is 0.598. The van der Waals surface area contributed by atoms with Crippen molar-refractivity contribution in [3.63, 3.8) is 0 Å². The summed E-state index contributed by atoms with van der Waals surface area (Å²) in [5.41, 5.74) is 9.16. The molecule has 126 valence electrons. The summed E-state index contributed by atoms with van der Waals surface area (Å²) in [7, 11) is 0. The summed E-state index contributed by atoms with van der Waals surface area (Å²) in [6.07, 6.45) is 3.31. The third kappa shape index (κ3) is 3.12. The van der Waals surface area contributed by atoms with Crippen LogP contribution < -0.4 is 10.6 Å². The Morgan fingerprint density at radius 1 is 0.880 bits per heavy atom. The van der Waals surface area contributed by atoms with Gasteiger partial charge in [-0.05, 0) is 47.7 Å². The van der Waals surface area contributed by atoms with E-state index in [1.165, 1.54) is 33.6 Å². The summed E-state index contributed by atoms with van der Waals surface area (Å²) in [5.74, 6) is 0. The van der Waals surface area contributed by atoms with E-state index >= 15 is 0 Å². The van der Waals surface area contributed by atoms with E-state index in [0.29, 0.717) is 0 Å². The highest BCUT2D eigenvalue weighted by atomic mass is 14.9. The van der Waals surface area contributed by atoms with Crippen molar-refractivity contribution in [1.82, 2.24) is 0 Å². The maximum absolute atomic E-state index is 3.61. The van der Waals surface area contributed by atoms with Crippen LogP contribution in [0.4, 0.5) is 17.1 Å². The van der Waals surface area contributed by atoms with Crippen molar-refractivity contribution >= 4 is 17.1 Å². The van der Waals surface area contributed by atoms with Gasteiger partial charge in [0.05, 0.1) is 0 Å². The van der Waals surface area contributed by atoms with Gasteiger partial charge in [0, 0.05) is 29.2 Å². The predicted octanol–water partition coefficient (Wildman–Crippen LogP) is 6.02. The summed E-state index contributed by atoms with van der Waals surface area (Å²) >= 11 is 0. The Kier molecular flexibility index (Phi) is 4.43. The van der Waals surface area contributed by atoms with Crippen LogP contribution in [0.25, 0.3) is 11.1 Å². The number of para-hydroxylation sites is 2. The summed E-state index contributed by atoms with van der Waals surface area (Å²) in [6, 6.07) is 23.7. The smallest absolute Gasteiger partial charge is 0.0453 e. The third-order valence-electron chi connectivity index (χ3n) is 4.87. The van der Waals surface area contributed by atoms with Gasteiger partial charge in [-0.3, -0.25) is 0 Å². The zero-order chi connectivity index (χ0) is 17.1. The van der Waals surface area contributed by atoms with Crippen molar-refractivity contribution in [3.05, 3.63) is 77.9 Å². The van der Waals surface area contributed by atoms with Crippen LogP contribution in [0.2, 0.25) is 0 Å². The molecule has 0 fully saturated rings. The molecule has 0 amide bonds. The lowest BCUT2D eigenvalue weighted by atomic mass is 9.93. The minimum Gasteiger partial charge on any atom is -0.384 e. The van der Waals surface area contributed by atoms with Crippen LogP contribution in [-0.2, 0) is 12.8 Å². The highest BCUT2D eigenvalue weighted by Crippen LogP contribution is 2.39. The van der Waals surface area contributed by atoms with E-state index in [0.717, 1.165) is 31.5 Å². The van der Waals surface area contributed by atoms with Crippen molar-refractivity contribution in [2.45, 2.75) is 26.2 Å². The molecule has 0 aromatic heterocycles. The first-order chi connectivity index (χ1) is 12.4. The largest absolute Gasteiger partial charge is 0.384 e. The van der Waals surface area contributed by atoms with Gasteiger partial charge in [0.1, 0.15) is 0 Å². The zero-order valence-electron chi connectivity index (χ0n) is 14.7. The number of anilines is 3. The monoisotopic (exact) mass is 328 g/mol. The Morgan fingerprint density at radius 3 is 2.52 bits per heavy atom. The van der Waals surface area contributed by atoms with Gasteiger partial charge in [-0.15, -0.1) is 0 Å². The van der Waals surface area contributed by atoms with Crippen molar-refractivity contribution < 1.29 is 0 Å². The van der Waals surface area contributed by atoms with E-state index in [-0.39, 0.29) is 0 Å². The highest BCUT2D eigenvalue weighted by Gasteiger charge is 2.18. The van der Waals surface area contributed by atoms with Crippen LogP contribution in [0.15, 0.2) is 66.7 Å². The molecule has 2 N–H and O–H groups in total. The molecule has 0 unspecified atom stereocenters. The predicted molar refractivity (Wildman–Crippen MR) is 108 cm³/mol. The zero-order valence-corrected chi connectivity index (χ0v) is 14.7. The lowest BCUT2D eigenvalue weighted by Gasteiger charge is -2.18. The normalized spacial score (nSPS) is 12.5. The van der Waals surface area contributed by atoms with Crippen molar-refractivity contribution in [1.29, 1.82) is 0 Å². The number of hydrogen-bond acceptors (Lipinski definition) is 2. The first-order valence-corrected chi connectivity index (χ1v) is 9.17. The summed E-state index contributed by atoms with van der Waals surface area (Å²) < 4.78 is 0. The van der Waals surface area contributed by atoms with E-state index in [1.54, 1.807) is 0 Å². The van der Waals surface area contributed by atoms with Gasteiger partial charge >= 0.3 is 0 Å². The standard InChI is InChI=1S/C23H24N2/c1-2-8-20-19(21-13-6-9-17-15-16-24-23(17)21)12-7-14-22(20)25-18-10-4-3-5-11-18/h3-7,9-14,24-25H,2,8,15-16H2,1H3. The molecule has 3 aromatic carbocycles. The summed E-state index contributed by atoms with van der Waals surface area (Å²) in [5, 5.41) is 7.20. The molecule has 1 aliphatic heterocycles. The van der Waals surface area contributed by atoms with Crippen molar-refractivity contribution in [3.8, 4) is 11.1 Å². The minimum atomic E-state index is 1.04. The molecule has 0 saturated heterocycles.